The van der Waals surface area contributed by atoms with Crippen LogP contribution in [0.3, 0.4) is 0 Å². The third kappa shape index (κ3) is 40.6. The molecule has 0 aromatic carbocycles. The predicted octanol–water partition coefficient (Wildman–Crippen LogP) is 11.1. The van der Waals surface area contributed by atoms with Gasteiger partial charge in [0.1, 0.15) is 6.61 Å². The van der Waals surface area contributed by atoms with Crippen molar-refractivity contribution in [2.75, 3.05) is 26.4 Å². The molecule has 0 aromatic rings. The number of esters is 2. The van der Waals surface area contributed by atoms with E-state index in [-0.39, 0.29) is 32.6 Å². The van der Waals surface area contributed by atoms with Gasteiger partial charge in [0, 0.05) is 19.4 Å². The van der Waals surface area contributed by atoms with Gasteiger partial charge in [-0.3, -0.25) is 18.6 Å². The third-order valence-electron chi connectivity index (χ3n) is 7.95. The lowest BCUT2D eigenvalue weighted by Crippen LogP contribution is -2.29. The van der Waals surface area contributed by atoms with E-state index in [0.29, 0.717) is 19.3 Å². The molecule has 0 aliphatic rings. The van der Waals surface area contributed by atoms with Crippen LogP contribution in [-0.4, -0.2) is 60.5 Å². The van der Waals surface area contributed by atoms with Gasteiger partial charge in [0.2, 0.25) is 0 Å². The summed E-state index contributed by atoms with van der Waals surface area (Å²) in [6.07, 6.45) is 52.6. The second kappa shape index (κ2) is 41.5. The molecule has 4 N–H and O–H groups in total. The fraction of sp³-hybridized carbons (Fsp3) is 0.532. The Morgan fingerprint density at radius 2 is 1.10 bits per heavy atom. The number of hydrogen-bond donors (Lipinski definition) is 3. The van der Waals surface area contributed by atoms with Crippen LogP contribution in [0.4, 0.5) is 0 Å². The number of unbranched alkanes of at least 4 members (excludes halogenated alkanes) is 3. The molecule has 3 atom stereocenters. The van der Waals surface area contributed by atoms with E-state index in [1.54, 1.807) is 12.2 Å². The predicted molar refractivity (Wildman–Crippen MR) is 239 cm³/mol. The number of phosphoric acid groups is 1. The summed E-state index contributed by atoms with van der Waals surface area (Å²) in [6.45, 7) is 3.19. The Hall–Kier alpha value is -3.63. The van der Waals surface area contributed by atoms with Crippen LogP contribution < -0.4 is 5.73 Å². The fourth-order valence-electron chi connectivity index (χ4n) is 4.86. The highest BCUT2D eigenvalue weighted by molar-refractivity contribution is 7.47. The van der Waals surface area contributed by atoms with Crippen LogP contribution in [0.2, 0.25) is 0 Å². The number of hydrogen-bond acceptors (Lipinski definition) is 9. The standard InChI is InChI=1S/C47H74NO9P/c1-3-5-7-9-11-13-15-17-18-19-20-21-22-24-26-28-30-32-34-38-46(50)54-42-45(43-56-58(52,53)55-41-40-48)57-47(51)39-35-37-44(49)36-33-31-29-27-25-23-16-14-12-10-8-6-4-2/h5-8,11-14,17-18,20-21,23-26,29,31,33,36,44-45,49H,3-4,9-10,15-16,19,22,27-28,30,32,34-35,37-43,48H2,1-2H3,(H,52,53)/b7-5-,8-6-,13-11-,14-12-,18-17-,21-20-,25-23-,26-24-,31-29-,36-33+/t44?,45-/m1/s1. The Morgan fingerprint density at radius 3 is 1.64 bits per heavy atom. The quantitative estimate of drug-likeness (QED) is 0.0181. The number of aliphatic hydroxyl groups is 1. The van der Waals surface area contributed by atoms with Crippen molar-refractivity contribution >= 4 is 19.8 Å². The van der Waals surface area contributed by atoms with Gasteiger partial charge in [0.05, 0.1) is 19.3 Å². The van der Waals surface area contributed by atoms with Gasteiger partial charge in [0.25, 0.3) is 0 Å². The first kappa shape index (κ1) is 54.4. The molecule has 58 heavy (non-hydrogen) atoms. The van der Waals surface area contributed by atoms with Crippen molar-refractivity contribution in [1.82, 2.24) is 0 Å². The smallest absolute Gasteiger partial charge is 0.462 e. The van der Waals surface area contributed by atoms with Crippen molar-refractivity contribution < 1.29 is 42.7 Å². The Morgan fingerprint density at radius 1 is 0.603 bits per heavy atom. The SMILES string of the molecule is CC/C=C\C/C=C\C/C=C\C/C=C\C=C\C(O)CCCC(=O)O[C@H](COC(=O)CCCCC/C=C\C/C=C\C/C=C\C/C=C\C/C=C\CC)COP(=O)(O)OCCN. The number of ether oxygens (including phenoxy) is 2. The molecule has 0 aliphatic heterocycles. The average Bonchev–Trinajstić information content (AvgIpc) is 3.20. The minimum Gasteiger partial charge on any atom is -0.462 e. The molecule has 2 unspecified atom stereocenters. The average molecular weight is 828 g/mol. The number of carbonyl (C=O) groups is 2. The zero-order chi connectivity index (χ0) is 42.6. The van der Waals surface area contributed by atoms with Crippen molar-refractivity contribution in [3.63, 3.8) is 0 Å². The maximum atomic E-state index is 12.6. The summed E-state index contributed by atoms with van der Waals surface area (Å²) in [5.74, 6) is -1.09. The molecule has 0 bridgehead atoms. The largest absolute Gasteiger partial charge is 0.472 e. The van der Waals surface area contributed by atoms with E-state index in [0.717, 1.165) is 77.0 Å². The lowest BCUT2D eigenvalue weighted by atomic mass is 10.1. The van der Waals surface area contributed by atoms with Crippen LogP contribution in [0.25, 0.3) is 0 Å². The van der Waals surface area contributed by atoms with Crippen molar-refractivity contribution in [3.05, 3.63) is 122 Å². The lowest BCUT2D eigenvalue weighted by molar-refractivity contribution is -0.161. The van der Waals surface area contributed by atoms with Crippen molar-refractivity contribution in [3.8, 4) is 0 Å². The van der Waals surface area contributed by atoms with Gasteiger partial charge >= 0.3 is 19.8 Å². The van der Waals surface area contributed by atoms with Crippen LogP contribution in [-0.2, 0) is 32.7 Å². The summed E-state index contributed by atoms with van der Waals surface area (Å²) in [4.78, 5) is 34.9. The van der Waals surface area contributed by atoms with E-state index >= 15 is 0 Å². The monoisotopic (exact) mass is 828 g/mol. The Labute approximate surface area is 350 Å². The van der Waals surface area contributed by atoms with Crippen LogP contribution in [0.5, 0.6) is 0 Å². The highest BCUT2D eigenvalue weighted by atomic mass is 31.2. The van der Waals surface area contributed by atoms with Crippen LogP contribution in [0, 0.1) is 0 Å². The van der Waals surface area contributed by atoms with Gasteiger partial charge in [-0.1, -0.05) is 142 Å². The molecular formula is C47H74NO9P. The van der Waals surface area contributed by atoms with Gasteiger partial charge in [-0.2, -0.15) is 0 Å². The molecule has 10 nitrogen and oxygen atoms in total. The first-order valence-electron chi connectivity index (χ1n) is 21.1. The number of carbonyl (C=O) groups excluding carboxylic acids is 2. The first-order chi connectivity index (χ1) is 28.2. The maximum absolute atomic E-state index is 12.6. The van der Waals surface area contributed by atoms with E-state index in [2.05, 4.69) is 111 Å². The zero-order valence-electron chi connectivity index (χ0n) is 35.3. The van der Waals surface area contributed by atoms with E-state index in [9.17, 15) is 24.2 Å². The van der Waals surface area contributed by atoms with E-state index in [1.807, 2.05) is 12.2 Å². The second-order valence-corrected chi connectivity index (χ2v) is 14.7. The molecule has 11 heteroatoms. The molecule has 0 heterocycles. The highest BCUT2D eigenvalue weighted by Crippen LogP contribution is 2.43. The van der Waals surface area contributed by atoms with E-state index in [1.165, 1.54) is 0 Å². The highest BCUT2D eigenvalue weighted by Gasteiger charge is 2.26. The molecule has 0 rings (SSSR count). The molecule has 0 saturated heterocycles. The normalized spacial score (nSPS) is 15.1. The van der Waals surface area contributed by atoms with Gasteiger partial charge in [-0.25, -0.2) is 4.57 Å². The fourth-order valence-corrected chi connectivity index (χ4v) is 5.63. The summed E-state index contributed by atoms with van der Waals surface area (Å²) < 4.78 is 32.6. The summed E-state index contributed by atoms with van der Waals surface area (Å²) in [6, 6.07) is 0. The summed E-state index contributed by atoms with van der Waals surface area (Å²) >= 11 is 0. The van der Waals surface area contributed by atoms with Gasteiger partial charge < -0.3 is 25.2 Å². The summed E-state index contributed by atoms with van der Waals surface area (Å²) in [5, 5.41) is 10.3. The maximum Gasteiger partial charge on any atom is 0.472 e. The van der Waals surface area contributed by atoms with Crippen molar-refractivity contribution in [2.45, 2.75) is 135 Å². The van der Waals surface area contributed by atoms with Crippen molar-refractivity contribution in [1.29, 1.82) is 0 Å². The molecule has 0 spiro atoms. The van der Waals surface area contributed by atoms with Crippen LogP contribution in [0.15, 0.2) is 122 Å². The molecule has 0 saturated carbocycles. The molecule has 0 radical (unpaired) electrons. The number of rotatable bonds is 37. The molecule has 0 aliphatic carbocycles. The molecule has 0 amide bonds. The number of nitrogens with two attached hydrogens (primary N) is 1. The lowest BCUT2D eigenvalue weighted by Gasteiger charge is -2.20. The van der Waals surface area contributed by atoms with Gasteiger partial charge in [0.15, 0.2) is 6.10 Å². The Balaban J connectivity index is 4.46. The molecule has 326 valence electrons. The Bertz CT molecular complexity index is 1370. The number of phosphoric ester groups is 1. The number of aliphatic hydroxyl groups excluding tert-OH is 1. The second-order valence-electron chi connectivity index (χ2n) is 13.3. The summed E-state index contributed by atoms with van der Waals surface area (Å²) in [7, 11) is -4.45. The van der Waals surface area contributed by atoms with Crippen LogP contribution in [0.1, 0.15) is 123 Å². The van der Waals surface area contributed by atoms with Crippen molar-refractivity contribution in [2.24, 2.45) is 5.73 Å². The van der Waals surface area contributed by atoms with E-state index in [4.69, 9.17) is 24.3 Å². The minimum atomic E-state index is -4.45. The van der Waals surface area contributed by atoms with E-state index < -0.39 is 38.6 Å². The molecule has 0 aromatic heterocycles. The third-order valence-corrected chi connectivity index (χ3v) is 8.93. The number of allylic oxidation sites excluding steroid dienone is 19. The Kier molecular flexibility index (Phi) is 38.9. The molecule has 0 fully saturated rings. The first-order valence-corrected chi connectivity index (χ1v) is 22.6. The van der Waals surface area contributed by atoms with Gasteiger partial charge in [-0.05, 0) is 89.9 Å². The van der Waals surface area contributed by atoms with Crippen LogP contribution >= 0.6 is 7.82 Å². The topological polar surface area (TPSA) is 155 Å². The van der Waals surface area contributed by atoms with Gasteiger partial charge in [-0.15, -0.1) is 0 Å². The molecular weight excluding hydrogens is 753 g/mol. The zero-order valence-corrected chi connectivity index (χ0v) is 36.2. The summed E-state index contributed by atoms with van der Waals surface area (Å²) in [5.41, 5.74) is 5.33. The minimum absolute atomic E-state index is 0.0107.